The third-order valence-corrected chi connectivity index (χ3v) is 3.65. The summed E-state index contributed by atoms with van der Waals surface area (Å²) < 4.78 is 2.99. The molecule has 2 aromatic rings. The van der Waals surface area contributed by atoms with Gasteiger partial charge in [0.25, 0.3) is 0 Å². The maximum absolute atomic E-state index is 4.32. The van der Waals surface area contributed by atoms with Gasteiger partial charge in [0.2, 0.25) is 0 Å². The van der Waals surface area contributed by atoms with Crippen molar-refractivity contribution >= 4 is 21.6 Å². The van der Waals surface area contributed by atoms with Gasteiger partial charge in [0.1, 0.15) is 0 Å². The van der Waals surface area contributed by atoms with E-state index in [-0.39, 0.29) is 0 Å². The summed E-state index contributed by atoms with van der Waals surface area (Å²) in [5, 5.41) is 7.73. The Morgan fingerprint density at radius 3 is 2.71 bits per heavy atom. The van der Waals surface area contributed by atoms with Crippen LogP contribution in [0.2, 0.25) is 0 Å². The average molecular weight is 294 g/mol. The molecule has 3 nitrogen and oxygen atoms in total. The summed E-state index contributed by atoms with van der Waals surface area (Å²) in [6, 6.07) is 6.27. The van der Waals surface area contributed by atoms with E-state index >= 15 is 0 Å². The fourth-order valence-electron chi connectivity index (χ4n) is 1.77. The Morgan fingerprint density at radius 2 is 2.12 bits per heavy atom. The van der Waals surface area contributed by atoms with Crippen LogP contribution in [-0.4, -0.2) is 9.78 Å². The summed E-state index contributed by atoms with van der Waals surface area (Å²) in [7, 11) is 1.94. The van der Waals surface area contributed by atoms with E-state index in [1.807, 2.05) is 24.9 Å². The molecule has 0 saturated carbocycles. The van der Waals surface area contributed by atoms with Crippen LogP contribution in [0.25, 0.3) is 0 Å². The Bertz CT molecular complexity index is 531. The Hall–Kier alpha value is -1.29. The molecule has 0 amide bonds. The first-order valence-corrected chi connectivity index (χ1v) is 6.34. The smallest absolute Gasteiger partial charge is 0.0643 e. The van der Waals surface area contributed by atoms with Crippen LogP contribution in [0.5, 0.6) is 0 Å². The van der Waals surface area contributed by atoms with E-state index in [9.17, 15) is 0 Å². The SMILES string of the molecule is Cc1cc(NCc2cn(C)nc2C)ccc1Br. The van der Waals surface area contributed by atoms with E-state index in [0.717, 1.165) is 22.4 Å². The van der Waals surface area contributed by atoms with Crippen molar-refractivity contribution in [2.45, 2.75) is 20.4 Å². The number of benzene rings is 1. The summed E-state index contributed by atoms with van der Waals surface area (Å²) in [5.41, 5.74) is 4.67. The lowest BCUT2D eigenvalue weighted by atomic mass is 10.2. The second-order valence-electron chi connectivity index (χ2n) is 4.23. The third kappa shape index (κ3) is 2.88. The molecule has 1 N–H and O–H groups in total. The fourth-order valence-corrected chi connectivity index (χ4v) is 2.02. The number of anilines is 1. The number of aromatic nitrogens is 2. The number of halogens is 1. The molecule has 0 aliphatic carbocycles. The van der Waals surface area contributed by atoms with Gasteiger partial charge in [-0.3, -0.25) is 4.68 Å². The minimum atomic E-state index is 0.806. The molecule has 0 atom stereocenters. The first-order chi connectivity index (χ1) is 8.06. The molecule has 0 bridgehead atoms. The number of aryl methyl sites for hydroxylation is 3. The summed E-state index contributed by atoms with van der Waals surface area (Å²) in [4.78, 5) is 0. The number of hydrogen-bond donors (Lipinski definition) is 1. The van der Waals surface area contributed by atoms with E-state index in [1.54, 1.807) is 0 Å². The first-order valence-electron chi connectivity index (χ1n) is 5.55. The zero-order chi connectivity index (χ0) is 12.4. The van der Waals surface area contributed by atoms with E-state index in [2.05, 4.69) is 51.5 Å². The predicted octanol–water partition coefficient (Wildman–Crippen LogP) is 3.41. The van der Waals surface area contributed by atoms with Gasteiger partial charge in [-0.15, -0.1) is 0 Å². The molecule has 4 heteroatoms. The Balaban J connectivity index is 2.07. The van der Waals surface area contributed by atoms with Crippen molar-refractivity contribution in [1.29, 1.82) is 0 Å². The summed E-state index contributed by atoms with van der Waals surface area (Å²) in [6.45, 7) is 4.93. The highest BCUT2D eigenvalue weighted by Gasteiger charge is 2.03. The minimum absolute atomic E-state index is 0.806. The number of nitrogens with zero attached hydrogens (tertiary/aromatic N) is 2. The second-order valence-corrected chi connectivity index (χ2v) is 5.09. The number of nitrogens with one attached hydrogen (secondary N) is 1. The van der Waals surface area contributed by atoms with Crippen LogP contribution in [0.3, 0.4) is 0 Å². The summed E-state index contributed by atoms with van der Waals surface area (Å²) in [5.74, 6) is 0. The highest BCUT2D eigenvalue weighted by molar-refractivity contribution is 9.10. The van der Waals surface area contributed by atoms with Crippen molar-refractivity contribution in [1.82, 2.24) is 9.78 Å². The first kappa shape index (κ1) is 12.2. The molecule has 1 heterocycles. The Kier molecular flexibility index (Phi) is 3.52. The van der Waals surface area contributed by atoms with Gasteiger partial charge in [0, 0.05) is 35.5 Å². The lowest BCUT2D eigenvalue weighted by Gasteiger charge is -2.07. The molecule has 0 saturated heterocycles. The van der Waals surface area contributed by atoms with Crippen LogP contribution in [-0.2, 0) is 13.6 Å². The van der Waals surface area contributed by atoms with Crippen molar-refractivity contribution in [3.63, 3.8) is 0 Å². The largest absolute Gasteiger partial charge is 0.381 e. The summed E-state index contributed by atoms with van der Waals surface area (Å²) in [6.07, 6.45) is 2.05. The molecule has 0 spiro atoms. The quantitative estimate of drug-likeness (QED) is 0.940. The van der Waals surface area contributed by atoms with Gasteiger partial charge in [0.15, 0.2) is 0 Å². The van der Waals surface area contributed by atoms with Crippen molar-refractivity contribution in [2.75, 3.05) is 5.32 Å². The second kappa shape index (κ2) is 4.92. The van der Waals surface area contributed by atoms with Crippen LogP contribution in [0.1, 0.15) is 16.8 Å². The normalized spacial score (nSPS) is 10.6. The van der Waals surface area contributed by atoms with E-state index < -0.39 is 0 Å². The van der Waals surface area contributed by atoms with Gasteiger partial charge in [0.05, 0.1) is 5.69 Å². The van der Waals surface area contributed by atoms with Crippen LogP contribution in [0.4, 0.5) is 5.69 Å². The van der Waals surface area contributed by atoms with Crippen molar-refractivity contribution < 1.29 is 0 Å². The van der Waals surface area contributed by atoms with Crippen molar-refractivity contribution in [2.24, 2.45) is 7.05 Å². The molecule has 0 unspecified atom stereocenters. The van der Waals surface area contributed by atoms with E-state index in [4.69, 9.17) is 0 Å². The molecule has 17 heavy (non-hydrogen) atoms. The third-order valence-electron chi connectivity index (χ3n) is 2.76. The van der Waals surface area contributed by atoms with Gasteiger partial charge in [-0.25, -0.2) is 0 Å². The van der Waals surface area contributed by atoms with Crippen LogP contribution >= 0.6 is 15.9 Å². The molecule has 0 radical (unpaired) electrons. The van der Waals surface area contributed by atoms with Gasteiger partial charge < -0.3 is 5.32 Å². The van der Waals surface area contributed by atoms with Gasteiger partial charge in [-0.2, -0.15) is 5.10 Å². The Morgan fingerprint density at radius 1 is 1.35 bits per heavy atom. The fraction of sp³-hybridized carbons (Fsp3) is 0.308. The average Bonchev–Trinajstić information content (AvgIpc) is 2.59. The monoisotopic (exact) mass is 293 g/mol. The summed E-state index contributed by atoms with van der Waals surface area (Å²) >= 11 is 3.50. The number of hydrogen-bond acceptors (Lipinski definition) is 2. The van der Waals surface area contributed by atoms with Crippen molar-refractivity contribution in [3.8, 4) is 0 Å². The van der Waals surface area contributed by atoms with Crippen LogP contribution in [0.15, 0.2) is 28.9 Å². The molecular formula is C13H16BrN3. The van der Waals surface area contributed by atoms with Crippen molar-refractivity contribution in [3.05, 3.63) is 45.7 Å². The maximum Gasteiger partial charge on any atom is 0.0643 e. The molecule has 0 fully saturated rings. The number of rotatable bonds is 3. The zero-order valence-corrected chi connectivity index (χ0v) is 11.9. The molecule has 0 aliphatic heterocycles. The Labute approximate surface area is 110 Å². The molecule has 1 aromatic heterocycles. The van der Waals surface area contributed by atoms with E-state index in [1.165, 1.54) is 11.1 Å². The molecule has 0 aliphatic rings. The zero-order valence-electron chi connectivity index (χ0n) is 10.3. The van der Waals surface area contributed by atoms with Gasteiger partial charge in [-0.05, 0) is 37.6 Å². The topological polar surface area (TPSA) is 29.9 Å². The molecule has 90 valence electrons. The molecular weight excluding hydrogens is 278 g/mol. The highest BCUT2D eigenvalue weighted by Crippen LogP contribution is 2.20. The van der Waals surface area contributed by atoms with Gasteiger partial charge >= 0.3 is 0 Å². The molecule has 2 rings (SSSR count). The van der Waals surface area contributed by atoms with E-state index in [0.29, 0.717) is 0 Å². The highest BCUT2D eigenvalue weighted by atomic mass is 79.9. The maximum atomic E-state index is 4.32. The molecule has 1 aromatic carbocycles. The minimum Gasteiger partial charge on any atom is -0.381 e. The van der Waals surface area contributed by atoms with Gasteiger partial charge in [-0.1, -0.05) is 15.9 Å². The van der Waals surface area contributed by atoms with Crippen LogP contribution < -0.4 is 5.32 Å². The predicted molar refractivity (Wildman–Crippen MR) is 74.2 cm³/mol. The lowest BCUT2D eigenvalue weighted by molar-refractivity contribution is 0.756. The lowest BCUT2D eigenvalue weighted by Crippen LogP contribution is -2.00. The standard InChI is InChI=1S/C13H16BrN3/c1-9-6-12(4-5-13(9)14)15-7-11-8-17(3)16-10(11)2/h4-6,8,15H,7H2,1-3H3. The van der Waals surface area contributed by atoms with Crippen LogP contribution in [0, 0.1) is 13.8 Å².